The lowest BCUT2D eigenvalue weighted by Gasteiger charge is -2.52. The van der Waals surface area contributed by atoms with Crippen molar-refractivity contribution in [2.45, 2.75) is 132 Å². The minimum absolute atomic E-state index is 0.000301. The molecule has 2 aliphatic rings. The molecule has 3 nitrogen and oxygen atoms in total. The van der Waals surface area contributed by atoms with E-state index in [2.05, 4.69) is 55.4 Å². The Kier molecular flexibility index (Phi) is 11.4. The van der Waals surface area contributed by atoms with Crippen LogP contribution >= 0.6 is 0 Å². The van der Waals surface area contributed by atoms with Crippen molar-refractivity contribution in [2.75, 3.05) is 0 Å². The summed E-state index contributed by atoms with van der Waals surface area (Å²) in [6, 6.07) is 0. The van der Waals surface area contributed by atoms with E-state index in [0.29, 0.717) is 41.8 Å². The van der Waals surface area contributed by atoms with Crippen molar-refractivity contribution in [3.63, 3.8) is 0 Å². The second kappa shape index (κ2) is 13.3. The number of hydrogen-bond donors (Lipinski definition) is 0. The number of ether oxygens (including phenoxy) is 1. The number of hydrogen-bond acceptors (Lipinski definition) is 3. The molecule has 7 atom stereocenters. The molecule has 0 aromatic rings. The van der Waals surface area contributed by atoms with Gasteiger partial charge in [-0.05, 0) is 87.0 Å². The van der Waals surface area contributed by atoms with Crippen LogP contribution in [0.4, 0.5) is 0 Å². The maximum Gasteiger partial charge on any atom is 0.308 e. The van der Waals surface area contributed by atoms with Crippen molar-refractivity contribution in [3.8, 4) is 0 Å². The number of esters is 1. The summed E-state index contributed by atoms with van der Waals surface area (Å²) < 4.78 is 6.31. The topological polar surface area (TPSA) is 43.4 Å². The van der Waals surface area contributed by atoms with Gasteiger partial charge in [0, 0.05) is 11.8 Å². The molecule has 196 valence electrons. The third kappa shape index (κ3) is 7.20. The highest BCUT2D eigenvalue weighted by molar-refractivity contribution is 5.91. The molecule has 0 saturated heterocycles. The van der Waals surface area contributed by atoms with Crippen LogP contribution in [-0.2, 0) is 14.3 Å². The molecule has 34 heavy (non-hydrogen) atoms. The summed E-state index contributed by atoms with van der Waals surface area (Å²) in [4.78, 5) is 25.0. The van der Waals surface area contributed by atoms with Gasteiger partial charge in [0.2, 0.25) is 0 Å². The predicted octanol–water partition coefficient (Wildman–Crippen LogP) is 8.55. The highest BCUT2D eigenvalue weighted by Gasteiger charge is 2.49. The van der Waals surface area contributed by atoms with E-state index >= 15 is 0 Å². The molecular weight excluding hydrogens is 420 g/mol. The van der Waals surface area contributed by atoms with Crippen LogP contribution in [0.3, 0.4) is 0 Å². The zero-order valence-electron chi connectivity index (χ0n) is 23.6. The van der Waals surface area contributed by atoms with Gasteiger partial charge in [0.05, 0.1) is 5.92 Å². The summed E-state index contributed by atoms with van der Waals surface area (Å²) in [5, 5.41) is 0. The monoisotopic (exact) mass is 474 g/mol. The fraction of sp³-hybridized carbons (Fsp3) is 0.871. The van der Waals surface area contributed by atoms with Crippen LogP contribution in [0.15, 0.2) is 11.6 Å². The zero-order valence-corrected chi connectivity index (χ0v) is 23.6. The lowest BCUT2D eigenvalue weighted by molar-refractivity contribution is -0.170. The number of rotatable bonds is 12. The Morgan fingerprint density at radius 3 is 2.35 bits per heavy atom. The third-order valence-electron chi connectivity index (χ3n) is 9.87. The Labute approximate surface area is 210 Å². The van der Waals surface area contributed by atoms with Crippen molar-refractivity contribution in [3.05, 3.63) is 11.6 Å². The largest absolute Gasteiger partial charge is 0.462 e. The molecule has 1 fully saturated rings. The Morgan fingerprint density at radius 1 is 1.09 bits per heavy atom. The Morgan fingerprint density at radius 2 is 1.76 bits per heavy atom. The van der Waals surface area contributed by atoms with Gasteiger partial charge < -0.3 is 4.74 Å². The average molecular weight is 475 g/mol. The third-order valence-corrected chi connectivity index (χ3v) is 9.87. The first-order valence-electron chi connectivity index (χ1n) is 14.5. The van der Waals surface area contributed by atoms with E-state index in [-0.39, 0.29) is 23.4 Å². The van der Waals surface area contributed by atoms with Crippen LogP contribution in [0.2, 0.25) is 0 Å². The second-order valence-corrected chi connectivity index (χ2v) is 12.2. The zero-order chi connectivity index (χ0) is 25.5. The second-order valence-electron chi connectivity index (χ2n) is 12.2. The normalized spacial score (nSPS) is 30.6. The first-order chi connectivity index (χ1) is 16.1. The molecule has 0 bridgehead atoms. The molecule has 0 radical (unpaired) electrons. The first kappa shape index (κ1) is 29.1. The summed E-state index contributed by atoms with van der Waals surface area (Å²) >= 11 is 0. The van der Waals surface area contributed by atoms with Crippen LogP contribution in [0, 0.1) is 40.9 Å². The van der Waals surface area contributed by atoms with E-state index in [1.165, 1.54) is 24.8 Å². The van der Waals surface area contributed by atoms with Gasteiger partial charge in [0.1, 0.15) is 6.10 Å². The van der Waals surface area contributed by atoms with Gasteiger partial charge >= 0.3 is 5.97 Å². The fourth-order valence-corrected chi connectivity index (χ4v) is 7.21. The molecule has 0 aromatic heterocycles. The number of carbonyl (C=O) groups is 2. The van der Waals surface area contributed by atoms with Crippen molar-refractivity contribution in [2.24, 2.45) is 40.9 Å². The molecule has 0 amide bonds. The minimum atomic E-state index is -0.0263. The highest BCUT2D eigenvalue weighted by Crippen LogP contribution is 2.53. The molecule has 0 N–H and O–H groups in total. The highest BCUT2D eigenvalue weighted by atomic mass is 16.5. The van der Waals surface area contributed by atoms with Crippen LogP contribution < -0.4 is 0 Å². The molecule has 2 rings (SSSR count). The van der Waals surface area contributed by atoms with Crippen molar-refractivity contribution in [1.82, 2.24) is 0 Å². The SMILES string of the molecule is CCC(CC)CC[C@@H](C)C(=O)O[C@@H](CC)[C@@]1(C)CC[C@H](C)[C@@H]([C@H](C)CC2=CC(=O)CCC2)[C@@H]1C. The molecule has 0 aromatic carbocycles. The van der Waals surface area contributed by atoms with Crippen molar-refractivity contribution in [1.29, 1.82) is 0 Å². The molecular formula is C31H54O3. The molecule has 0 unspecified atom stereocenters. The van der Waals surface area contributed by atoms with Gasteiger partial charge in [0.15, 0.2) is 5.78 Å². The quantitative estimate of drug-likeness (QED) is 0.266. The van der Waals surface area contributed by atoms with E-state index in [0.717, 1.165) is 44.9 Å². The summed E-state index contributed by atoms with van der Waals surface area (Å²) in [5.74, 6) is 3.24. The Hall–Kier alpha value is -1.12. The van der Waals surface area contributed by atoms with Crippen molar-refractivity contribution >= 4 is 11.8 Å². The van der Waals surface area contributed by atoms with Gasteiger partial charge in [-0.3, -0.25) is 9.59 Å². The molecule has 0 heterocycles. The summed E-state index contributed by atoms with van der Waals surface area (Å²) in [7, 11) is 0. The van der Waals surface area contributed by atoms with Gasteiger partial charge in [-0.15, -0.1) is 0 Å². The standard InChI is InChI=1S/C31H54O3/c1-9-25(10-2)16-15-22(5)30(33)34-28(11-3)31(8)18-17-21(4)29(24(31)7)23(6)19-26-13-12-14-27(32)20-26/h20-25,28-29H,9-19H2,1-8H3/t21-,22+,23+,24-,28-,29-,31-/m0/s1. The maximum atomic E-state index is 13.1. The van der Waals surface area contributed by atoms with Gasteiger partial charge in [0.25, 0.3) is 0 Å². The number of allylic oxidation sites excluding steroid dienone is 2. The molecule has 1 saturated carbocycles. The van der Waals surface area contributed by atoms with E-state index in [4.69, 9.17) is 4.74 Å². The van der Waals surface area contributed by atoms with Crippen LogP contribution in [-0.4, -0.2) is 17.9 Å². The van der Waals surface area contributed by atoms with Crippen LogP contribution in [0.5, 0.6) is 0 Å². The summed E-state index contributed by atoms with van der Waals surface area (Å²) in [6.45, 7) is 18.3. The average Bonchev–Trinajstić information content (AvgIpc) is 2.80. The van der Waals surface area contributed by atoms with E-state index < -0.39 is 0 Å². The molecule has 3 heteroatoms. The van der Waals surface area contributed by atoms with Gasteiger partial charge in [-0.25, -0.2) is 0 Å². The maximum absolute atomic E-state index is 13.1. The Balaban J connectivity index is 2.08. The van der Waals surface area contributed by atoms with Crippen LogP contribution in [0.1, 0.15) is 126 Å². The smallest absolute Gasteiger partial charge is 0.308 e. The Bertz CT molecular complexity index is 691. The fourth-order valence-electron chi connectivity index (χ4n) is 7.21. The van der Waals surface area contributed by atoms with E-state index in [1.807, 2.05) is 6.08 Å². The molecule has 0 aliphatic heterocycles. The molecule has 2 aliphatic carbocycles. The van der Waals surface area contributed by atoms with E-state index in [9.17, 15) is 9.59 Å². The van der Waals surface area contributed by atoms with Gasteiger partial charge in [-0.1, -0.05) is 73.8 Å². The first-order valence-corrected chi connectivity index (χ1v) is 14.5. The summed E-state index contributed by atoms with van der Waals surface area (Å²) in [6.07, 6.45) is 13.3. The minimum Gasteiger partial charge on any atom is -0.462 e. The van der Waals surface area contributed by atoms with E-state index in [1.54, 1.807) is 0 Å². The lowest BCUT2D eigenvalue weighted by Crippen LogP contribution is -2.50. The van der Waals surface area contributed by atoms with Crippen LogP contribution in [0.25, 0.3) is 0 Å². The van der Waals surface area contributed by atoms with Crippen molar-refractivity contribution < 1.29 is 14.3 Å². The lowest BCUT2D eigenvalue weighted by atomic mass is 9.54. The predicted molar refractivity (Wildman–Crippen MR) is 143 cm³/mol. The summed E-state index contributed by atoms with van der Waals surface area (Å²) in [5.41, 5.74) is 1.35. The number of carbonyl (C=O) groups excluding carboxylic acids is 2. The molecule has 0 spiro atoms. The number of ketones is 1. The van der Waals surface area contributed by atoms with Gasteiger partial charge in [-0.2, -0.15) is 0 Å².